The monoisotopic (exact) mass is 442 g/mol. The highest BCUT2D eigenvalue weighted by molar-refractivity contribution is 5.86. The topological polar surface area (TPSA) is 69.6 Å². The molecule has 1 aliphatic heterocycles. The second kappa shape index (κ2) is 8.71. The Morgan fingerprint density at radius 3 is 2.34 bits per heavy atom. The van der Waals surface area contributed by atoms with Gasteiger partial charge in [-0.05, 0) is 55.4 Å². The molecular weight excluding hydrogens is 414 g/mol. The van der Waals surface area contributed by atoms with Gasteiger partial charge in [-0.1, -0.05) is 36.4 Å². The third kappa shape index (κ3) is 4.19. The summed E-state index contributed by atoms with van der Waals surface area (Å²) in [6, 6.07) is 13.5. The zero-order chi connectivity index (χ0) is 22.9. The number of nitrogens with one attached hydrogen (secondary N) is 1. The average Bonchev–Trinajstić information content (AvgIpc) is 3.51. The first-order valence-corrected chi connectivity index (χ1v) is 11.0. The van der Waals surface area contributed by atoms with Crippen LogP contribution in [-0.4, -0.2) is 47.9 Å². The van der Waals surface area contributed by atoms with Gasteiger partial charge in [0.1, 0.15) is 5.78 Å². The van der Waals surface area contributed by atoms with E-state index in [4.69, 9.17) is 0 Å². The van der Waals surface area contributed by atoms with Crippen LogP contribution in [0.5, 0.6) is 0 Å². The summed E-state index contributed by atoms with van der Waals surface area (Å²) in [5.74, 6) is -3.06. The highest BCUT2D eigenvalue weighted by atomic mass is 19.2. The summed E-state index contributed by atoms with van der Waals surface area (Å²) < 4.78 is 27.1. The fourth-order valence-corrected chi connectivity index (χ4v) is 5.11. The molecule has 5 nitrogen and oxygen atoms in total. The van der Waals surface area contributed by atoms with Crippen LogP contribution < -0.4 is 5.32 Å². The molecule has 0 unspecified atom stereocenters. The predicted molar refractivity (Wildman–Crippen MR) is 116 cm³/mol. The van der Waals surface area contributed by atoms with Crippen LogP contribution in [0.15, 0.2) is 48.5 Å². The van der Waals surface area contributed by atoms with Crippen molar-refractivity contribution in [1.82, 2.24) is 10.2 Å². The molecular formula is C25H28F2N2O3. The number of carbonyl (C=O) groups is 2. The molecule has 2 atom stereocenters. The number of likely N-dealkylation sites (tertiary alicyclic amines) is 1. The van der Waals surface area contributed by atoms with Crippen LogP contribution >= 0.6 is 0 Å². The van der Waals surface area contributed by atoms with Crippen molar-refractivity contribution in [2.45, 2.75) is 37.1 Å². The Morgan fingerprint density at radius 2 is 1.75 bits per heavy atom. The SMILES string of the molecule is CC(=O)CNC1(c2ccccc2)CCN(C[C@@H]2C[C@@]2(C(=O)O)c2ccc(F)c(F)c2)CC1. The van der Waals surface area contributed by atoms with Crippen LogP contribution in [0, 0.1) is 17.6 Å². The summed E-state index contributed by atoms with van der Waals surface area (Å²) >= 11 is 0. The first-order chi connectivity index (χ1) is 15.3. The highest BCUT2D eigenvalue weighted by Gasteiger charge is 2.62. The van der Waals surface area contributed by atoms with E-state index >= 15 is 0 Å². The molecule has 7 heteroatoms. The number of carboxylic acid groups (broad SMARTS) is 1. The summed E-state index contributed by atoms with van der Waals surface area (Å²) in [7, 11) is 0. The lowest BCUT2D eigenvalue weighted by atomic mass is 9.80. The van der Waals surface area contributed by atoms with Crippen LogP contribution in [-0.2, 0) is 20.5 Å². The molecule has 0 amide bonds. The van der Waals surface area contributed by atoms with E-state index in [1.807, 2.05) is 18.2 Å². The molecule has 0 aromatic heterocycles. The van der Waals surface area contributed by atoms with Gasteiger partial charge in [0.2, 0.25) is 0 Å². The van der Waals surface area contributed by atoms with E-state index in [1.54, 1.807) is 6.92 Å². The van der Waals surface area contributed by atoms with E-state index in [0.29, 0.717) is 25.1 Å². The number of carboxylic acids is 1. The molecule has 1 saturated heterocycles. The number of piperidine rings is 1. The van der Waals surface area contributed by atoms with Crippen molar-refractivity contribution in [3.63, 3.8) is 0 Å². The standard InChI is InChI=1S/C25H28F2N2O3/c1-17(30)15-28-24(18-5-3-2-4-6-18)9-11-29(12-10-24)16-20-14-25(20,23(31)32)19-7-8-21(26)22(27)13-19/h2-8,13,20,28H,9-12,14-16H2,1H3,(H,31,32)/t20-,25+/m0/s1. The molecule has 0 radical (unpaired) electrons. The van der Waals surface area contributed by atoms with Gasteiger partial charge >= 0.3 is 5.97 Å². The van der Waals surface area contributed by atoms with Crippen LogP contribution in [0.4, 0.5) is 8.78 Å². The molecule has 2 N–H and O–H groups in total. The summed E-state index contributed by atoms with van der Waals surface area (Å²) in [5, 5.41) is 13.4. The van der Waals surface area contributed by atoms with Crippen LogP contribution in [0.2, 0.25) is 0 Å². The van der Waals surface area contributed by atoms with Crippen LogP contribution in [0.25, 0.3) is 0 Å². The van der Waals surface area contributed by atoms with E-state index in [2.05, 4.69) is 22.3 Å². The molecule has 0 spiro atoms. The Labute approximate surface area is 186 Å². The molecule has 4 rings (SSSR count). The van der Waals surface area contributed by atoms with Crippen LogP contribution in [0.1, 0.15) is 37.3 Å². The second-order valence-corrected chi connectivity index (χ2v) is 9.11. The van der Waals surface area contributed by atoms with Gasteiger partial charge in [0.05, 0.1) is 12.0 Å². The van der Waals surface area contributed by atoms with E-state index in [0.717, 1.165) is 43.6 Å². The minimum absolute atomic E-state index is 0.0819. The molecule has 170 valence electrons. The zero-order valence-electron chi connectivity index (χ0n) is 18.1. The molecule has 2 aromatic carbocycles. The Balaban J connectivity index is 1.45. The quantitative estimate of drug-likeness (QED) is 0.655. The summed E-state index contributed by atoms with van der Waals surface area (Å²) in [4.78, 5) is 25.9. The summed E-state index contributed by atoms with van der Waals surface area (Å²) in [5.41, 5.74) is 0.0217. The molecule has 2 fully saturated rings. The van der Waals surface area contributed by atoms with Crippen LogP contribution in [0.3, 0.4) is 0 Å². The number of Topliss-reactive ketones (excluding diaryl/α,β-unsaturated/α-hetero) is 1. The maximum Gasteiger partial charge on any atom is 0.314 e. The molecule has 2 aliphatic rings. The van der Waals surface area contributed by atoms with Gasteiger partial charge in [0.25, 0.3) is 0 Å². The van der Waals surface area contributed by atoms with Crippen molar-refractivity contribution in [1.29, 1.82) is 0 Å². The number of benzene rings is 2. The zero-order valence-corrected chi connectivity index (χ0v) is 18.1. The maximum absolute atomic E-state index is 13.8. The number of ketones is 1. The molecule has 32 heavy (non-hydrogen) atoms. The van der Waals surface area contributed by atoms with Gasteiger partial charge in [-0.15, -0.1) is 0 Å². The Hall–Kier alpha value is -2.64. The van der Waals surface area contributed by atoms with E-state index in [1.165, 1.54) is 6.07 Å². The van der Waals surface area contributed by atoms with E-state index < -0.39 is 23.0 Å². The van der Waals surface area contributed by atoms with Gasteiger partial charge in [-0.25, -0.2) is 8.78 Å². The Kier molecular flexibility index (Phi) is 6.14. The van der Waals surface area contributed by atoms with Crippen molar-refractivity contribution in [3.05, 3.63) is 71.3 Å². The first-order valence-electron chi connectivity index (χ1n) is 11.0. The lowest BCUT2D eigenvalue weighted by Gasteiger charge is -2.43. The third-order valence-electron chi connectivity index (χ3n) is 7.11. The number of aliphatic carboxylic acids is 1. The van der Waals surface area contributed by atoms with Crippen molar-refractivity contribution >= 4 is 11.8 Å². The fraction of sp³-hybridized carbons (Fsp3) is 0.440. The minimum Gasteiger partial charge on any atom is -0.481 e. The maximum atomic E-state index is 13.8. The molecule has 1 heterocycles. The highest BCUT2D eigenvalue weighted by Crippen LogP contribution is 2.55. The number of halogens is 2. The molecule has 1 saturated carbocycles. The molecule has 2 aromatic rings. The number of hydrogen-bond acceptors (Lipinski definition) is 4. The Morgan fingerprint density at radius 1 is 1.06 bits per heavy atom. The number of nitrogens with zero attached hydrogens (tertiary/aromatic N) is 1. The van der Waals surface area contributed by atoms with Gasteiger partial charge in [0.15, 0.2) is 11.6 Å². The number of rotatable bonds is 8. The minimum atomic E-state index is -1.16. The first kappa shape index (κ1) is 22.6. The van der Waals surface area contributed by atoms with Gasteiger partial charge < -0.3 is 15.3 Å². The van der Waals surface area contributed by atoms with Gasteiger partial charge in [0, 0.05) is 25.2 Å². The fourth-order valence-electron chi connectivity index (χ4n) is 5.11. The van der Waals surface area contributed by atoms with Gasteiger partial charge in [-0.3, -0.25) is 9.59 Å². The van der Waals surface area contributed by atoms with Crippen molar-refractivity contribution < 1.29 is 23.5 Å². The van der Waals surface area contributed by atoms with Gasteiger partial charge in [-0.2, -0.15) is 0 Å². The van der Waals surface area contributed by atoms with Crippen molar-refractivity contribution in [3.8, 4) is 0 Å². The van der Waals surface area contributed by atoms with E-state index in [-0.39, 0.29) is 17.2 Å². The third-order valence-corrected chi connectivity index (χ3v) is 7.11. The summed E-state index contributed by atoms with van der Waals surface area (Å²) in [6.07, 6.45) is 2.00. The smallest absolute Gasteiger partial charge is 0.314 e. The van der Waals surface area contributed by atoms with E-state index in [9.17, 15) is 23.5 Å². The largest absolute Gasteiger partial charge is 0.481 e. The average molecular weight is 443 g/mol. The Bertz CT molecular complexity index is 1010. The molecule has 1 aliphatic carbocycles. The number of carbonyl (C=O) groups excluding carboxylic acids is 1. The van der Waals surface area contributed by atoms with Crippen molar-refractivity contribution in [2.24, 2.45) is 5.92 Å². The van der Waals surface area contributed by atoms with Crippen molar-refractivity contribution in [2.75, 3.05) is 26.2 Å². The summed E-state index contributed by atoms with van der Waals surface area (Å²) in [6.45, 7) is 3.96. The number of hydrogen-bond donors (Lipinski definition) is 2. The second-order valence-electron chi connectivity index (χ2n) is 9.11. The normalized spacial score (nSPS) is 24.8. The lowest BCUT2D eigenvalue weighted by molar-refractivity contribution is -0.140. The predicted octanol–water partition coefficient (Wildman–Crippen LogP) is 3.48. The molecule has 0 bridgehead atoms. The lowest BCUT2D eigenvalue weighted by Crippen LogP contribution is -2.52.